The molecule has 1 N–H and O–H groups in total. The molecule has 0 spiro atoms. The molecule has 1 heterocycles. The summed E-state index contributed by atoms with van der Waals surface area (Å²) in [6.45, 7) is -0.201. The summed E-state index contributed by atoms with van der Waals surface area (Å²) in [5.41, 5.74) is 0.821. The Morgan fingerprint density at radius 2 is 2.07 bits per heavy atom. The van der Waals surface area contributed by atoms with Crippen molar-refractivity contribution in [3.63, 3.8) is 0 Å². The molecule has 1 aromatic carbocycles. The quantitative estimate of drug-likeness (QED) is 0.746. The first-order valence-electron chi connectivity index (χ1n) is 4.76. The highest BCUT2D eigenvalue weighted by Gasteiger charge is 2.35. The van der Waals surface area contributed by atoms with E-state index in [0.29, 0.717) is 0 Å². The number of ether oxygens (including phenoxy) is 1. The van der Waals surface area contributed by atoms with Crippen LogP contribution in [0.1, 0.15) is 17.9 Å². The number of cyclic esters (lactones) is 1. The molecule has 80 valence electrons. The zero-order chi connectivity index (χ0) is 10.8. The zero-order valence-electron chi connectivity index (χ0n) is 8.02. The lowest BCUT2D eigenvalue weighted by molar-refractivity contribution is -0.142. The maximum atomic E-state index is 12.7. The van der Waals surface area contributed by atoms with Gasteiger partial charge in [0, 0.05) is 5.92 Å². The lowest BCUT2D eigenvalue weighted by Crippen LogP contribution is -2.18. The van der Waals surface area contributed by atoms with Gasteiger partial charge in [0.25, 0.3) is 0 Å². The molecular weight excluding hydrogens is 199 g/mol. The number of hydrogen-bond acceptors (Lipinski definition) is 3. The fraction of sp³-hybridized carbons (Fsp3) is 0.364. The number of rotatable bonds is 2. The van der Waals surface area contributed by atoms with Crippen LogP contribution in [-0.4, -0.2) is 23.8 Å². The van der Waals surface area contributed by atoms with Crippen molar-refractivity contribution in [3.05, 3.63) is 35.6 Å². The van der Waals surface area contributed by atoms with Gasteiger partial charge < -0.3 is 9.84 Å². The molecule has 15 heavy (non-hydrogen) atoms. The average Bonchev–Trinajstić information content (AvgIpc) is 2.61. The predicted molar refractivity (Wildman–Crippen MR) is 50.7 cm³/mol. The van der Waals surface area contributed by atoms with Crippen LogP contribution in [0.5, 0.6) is 0 Å². The summed E-state index contributed by atoms with van der Waals surface area (Å²) >= 11 is 0. The molecule has 1 aliphatic rings. The van der Waals surface area contributed by atoms with E-state index in [1.807, 2.05) is 0 Å². The molecule has 3 nitrogen and oxygen atoms in total. The van der Waals surface area contributed by atoms with Crippen molar-refractivity contribution in [2.45, 2.75) is 18.4 Å². The summed E-state index contributed by atoms with van der Waals surface area (Å²) in [5.74, 6) is -0.795. The van der Waals surface area contributed by atoms with Gasteiger partial charge in [0.2, 0.25) is 0 Å². The fourth-order valence-corrected chi connectivity index (χ4v) is 1.82. The Labute approximate surface area is 86.5 Å². The number of carbonyl (C=O) groups excluding carboxylic acids is 1. The van der Waals surface area contributed by atoms with Crippen LogP contribution in [0.15, 0.2) is 24.3 Å². The van der Waals surface area contributed by atoms with E-state index in [1.54, 1.807) is 12.1 Å². The van der Waals surface area contributed by atoms with Gasteiger partial charge in [-0.2, -0.15) is 0 Å². The van der Waals surface area contributed by atoms with E-state index >= 15 is 0 Å². The van der Waals surface area contributed by atoms with Gasteiger partial charge in [0.05, 0.1) is 13.0 Å². The molecule has 1 aliphatic heterocycles. The van der Waals surface area contributed by atoms with Crippen molar-refractivity contribution in [3.8, 4) is 0 Å². The molecule has 0 bridgehead atoms. The number of esters is 1. The van der Waals surface area contributed by atoms with Crippen LogP contribution in [-0.2, 0) is 9.53 Å². The van der Waals surface area contributed by atoms with Gasteiger partial charge in [-0.05, 0) is 17.7 Å². The van der Waals surface area contributed by atoms with Crippen LogP contribution < -0.4 is 0 Å². The first kappa shape index (κ1) is 10.1. The molecule has 0 radical (unpaired) electrons. The van der Waals surface area contributed by atoms with Crippen molar-refractivity contribution >= 4 is 5.97 Å². The molecule has 0 saturated carbocycles. The highest BCUT2D eigenvalue weighted by molar-refractivity contribution is 5.73. The molecular formula is C11H11FO3. The molecule has 1 aromatic rings. The van der Waals surface area contributed by atoms with E-state index in [1.165, 1.54) is 12.1 Å². The largest absolute Gasteiger partial charge is 0.459 e. The van der Waals surface area contributed by atoms with Gasteiger partial charge in [0.1, 0.15) is 11.9 Å². The van der Waals surface area contributed by atoms with E-state index in [-0.39, 0.29) is 30.7 Å². The van der Waals surface area contributed by atoms with Gasteiger partial charge in [-0.25, -0.2) is 4.39 Å². The second-order valence-electron chi connectivity index (χ2n) is 3.57. The number of benzene rings is 1. The first-order chi connectivity index (χ1) is 7.20. The van der Waals surface area contributed by atoms with E-state index in [4.69, 9.17) is 9.84 Å². The molecule has 0 aromatic heterocycles. The summed E-state index contributed by atoms with van der Waals surface area (Å²) in [4.78, 5) is 11.1. The Morgan fingerprint density at radius 3 is 2.67 bits per heavy atom. The normalized spacial score (nSPS) is 25.3. The van der Waals surface area contributed by atoms with Crippen molar-refractivity contribution in [1.29, 1.82) is 0 Å². The molecule has 4 heteroatoms. The van der Waals surface area contributed by atoms with Gasteiger partial charge in [0.15, 0.2) is 0 Å². The summed E-state index contributed by atoms with van der Waals surface area (Å²) < 4.78 is 17.6. The Bertz CT molecular complexity index is 361. The number of aliphatic hydroxyl groups is 1. The van der Waals surface area contributed by atoms with Crippen molar-refractivity contribution in [2.24, 2.45) is 0 Å². The van der Waals surface area contributed by atoms with Crippen LogP contribution >= 0.6 is 0 Å². The molecule has 1 fully saturated rings. The second-order valence-corrected chi connectivity index (χ2v) is 3.57. The Balaban J connectivity index is 2.22. The van der Waals surface area contributed by atoms with Gasteiger partial charge in [-0.3, -0.25) is 4.79 Å². The van der Waals surface area contributed by atoms with E-state index in [9.17, 15) is 9.18 Å². The minimum absolute atomic E-state index is 0.164. The van der Waals surface area contributed by atoms with Gasteiger partial charge in [-0.15, -0.1) is 0 Å². The van der Waals surface area contributed by atoms with Gasteiger partial charge >= 0.3 is 5.97 Å². The minimum atomic E-state index is -0.497. The maximum absolute atomic E-state index is 12.7. The fourth-order valence-electron chi connectivity index (χ4n) is 1.82. The van der Waals surface area contributed by atoms with Crippen LogP contribution in [0.25, 0.3) is 0 Å². The number of aliphatic hydroxyl groups excluding tert-OH is 1. The summed E-state index contributed by atoms with van der Waals surface area (Å²) in [6.07, 6.45) is -0.250. The van der Waals surface area contributed by atoms with Crippen LogP contribution in [0.4, 0.5) is 4.39 Å². The van der Waals surface area contributed by atoms with Crippen molar-refractivity contribution in [2.75, 3.05) is 6.61 Å². The average molecular weight is 210 g/mol. The highest BCUT2D eigenvalue weighted by atomic mass is 19.1. The molecule has 0 aliphatic carbocycles. The molecule has 2 atom stereocenters. The number of hydrogen-bond donors (Lipinski definition) is 1. The summed E-state index contributed by atoms with van der Waals surface area (Å²) in [7, 11) is 0. The van der Waals surface area contributed by atoms with E-state index < -0.39 is 6.10 Å². The molecule has 2 rings (SSSR count). The van der Waals surface area contributed by atoms with Crippen LogP contribution in [0, 0.1) is 5.82 Å². The Morgan fingerprint density at radius 1 is 1.40 bits per heavy atom. The highest BCUT2D eigenvalue weighted by Crippen LogP contribution is 2.31. The number of carbonyl (C=O) groups is 1. The molecule has 0 amide bonds. The summed E-state index contributed by atoms with van der Waals surface area (Å²) in [6, 6.07) is 5.91. The smallest absolute Gasteiger partial charge is 0.306 e. The molecule has 0 unspecified atom stereocenters. The zero-order valence-corrected chi connectivity index (χ0v) is 8.02. The lowest BCUT2D eigenvalue weighted by Gasteiger charge is -2.14. The minimum Gasteiger partial charge on any atom is -0.459 e. The second kappa shape index (κ2) is 3.98. The topological polar surface area (TPSA) is 46.5 Å². The monoisotopic (exact) mass is 210 g/mol. The Kier molecular flexibility index (Phi) is 2.68. The van der Waals surface area contributed by atoms with Crippen molar-refractivity contribution < 1.29 is 19.0 Å². The SMILES string of the molecule is O=C1C[C@H](c2ccc(F)cc2)[C@@H](CO)O1. The maximum Gasteiger partial charge on any atom is 0.306 e. The lowest BCUT2D eigenvalue weighted by atomic mass is 9.93. The third-order valence-electron chi connectivity index (χ3n) is 2.60. The first-order valence-corrected chi connectivity index (χ1v) is 4.76. The van der Waals surface area contributed by atoms with E-state index in [0.717, 1.165) is 5.56 Å². The number of halogens is 1. The third-order valence-corrected chi connectivity index (χ3v) is 2.60. The van der Waals surface area contributed by atoms with E-state index in [2.05, 4.69) is 0 Å². The summed E-state index contributed by atoms with van der Waals surface area (Å²) in [5, 5.41) is 9.02. The standard InChI is InChI=1S/C11H11FO3/c12-8-3-1-7(2-4-8)9-5-11(14)15-10(9)6-13/h1-4,9-10,13H,5-6H2/t9-,10-/m1/s1. The van der Waals surface area contributed by atoms with Crippen LogP contribution in [0.2, 0.25) is 0 Å². The third kappa shape index (κ3) is 1.99. The van der Waals surface area contributed by atoms with Crippen molar-refractivity contribution in [1.82, 2.24) is 0 Å². The Hall–Kier alpha value is -1.42. The molecule has 1 saturated heterocycles. The predicted octanol–water partition coefficient (Wildman–Crippen LogP) is 1.22. The van der Waals surface area contributed by atoms with Gasteiger partial charge in [-0.1, -0.05) is 12.1 Å². The van der Waals surface area contributed by atoms with Crippen LogP contribution in [0.3, 0.4) is 0 Å².